The molecule has 0 bridgehead atoms. The first kappa shape index (κ1) is 24.9. The maximum Gasteiger partial charge on any atom is 0.171 e. The van der Waals surface area contributed by atoms with Gasteiger partial charge in [-0.1, -0.05) is 20.8 Å². The van der Waals surface area contributed by atoms with E-state index in [2.05, 4.69) is 34.0 Å². The quantitative estimate of drug-likeness (QED) is 0.512. The highest BCUT2D eigenvalue weighted by atomic mass is 32.2. The number of fused-ring (bicyclic) bond motifs is 1. The Kier molecular flexibility index (Phi) is 6.41. The van der Waals surface area contributed by atoms with Crippen molar-refractivity contribution in [3.05, 3.63) is 41.7 Å². The first-order valence-corrected chi connectivity index (χ1v) is 14.4. The number of likely N-dealkylation sites (N-methyl/N-ethyl adjacent to an activating group) is 1. The van der Waals surface area contributed by atoms with Crippen molar-refractivity contribution in [2.45, 2.75) is 52.1 Å². The lowest BCUT2D eigenvalue weighted by Crippen LogP contribution is -2.23. The van der Waals surface area contributed by atoms with Gasteiger partial charge in [0.15, 0.2) is 11.4 Å². The van der Waals surface area contributed by atoms with Crippen molar-refractivity contribution in [1.82, 2.24) is 19.9 Å². The molecule has 0 radical (unpaired) electrons. The summed E-state index contributed by atoms with van der Waals surface area (Å²) in [4.78, 5) is 27.7. The van der Waals surface area contributed by atoms with Crippen LogP contribution in [0, 0.1) is 5.41 Å². The number of likely N-dealkylation sites (tertiary alicyclic amines) is 1. The smallest absolute Gasteiger partial charge is 0.171 e. The van der Waals surface area contributed by atoms with Crippen LogP contribution in [0.25, 0.3) is 22.4 Å². The highest BCUT2D eigenvalue weighted by Gasteiger charge is 2.28. The van der Waals surface area contributed by atoms with Crippen molar-refractivity contribution in [1.29, 1.82) is 0 Å². The number of nitrogens with zero attached hydrogens (tertiary/aromatic N) is 3. The molecule has 0 aliphatic carbocycles. The van der Waals surface area contributed by atoms with E-state index in [4.69, 9.17) is 9.72 Å². The predicted octanol–water partition coefficient (Wildman–Crippen LogP) is 4.23. The number of ketones is 1. The monoisotopic (exact) mass is 510 g/mol. The Morgan fingerprint density at radius 1 is 1.14 bits per heavy atom. The molecule has 2 aromatic heterocycles. The molecule has 1 unspecified atom stereocenters. The second kappa shape index (κ2) is 9.27. The number of H-pyrrole nitrogens is 1. The Bertz CT molecular complexity index is 1390. The summed E-state index contributed by atoms with van der Waals surface area (Å²) in [7, 11) is -0.869. The van der Waals surface area contributed by atoms with Crippen LogP contribution in [0.4, 0.5) is 0 Å². The zero-order valence-corrected chi connectivity index (χ0v) is 22.2. The number of aromatic amines is 1. The molecule has 1 atom stereocenters. The Morgan fingerprint density at radius 3 is 2.56 bits per heavy atom. The Balaban J connectivity index is 1.54. The molecule has 0 amide bonds. The van der Waals surface area contributed by atoms with Gasteiger partial charge in [0.2, 0.25) is 0 Å². The fraction of sp³-hybridized carbons (Fsp3) is 0.519. The SMILES string of the molecule is CN1CCC(Oc2cc(-c3cnc4[nH]cc(C(=O)C(C)(C)C)c4n3)cc(C3CCS(=O)(=O)CC3)c2)C1. The predicted molar refractivity (Wildman–Crippen MR) is 140 cm³/mol. The maximum atomic E-state index is 13.0. The molecule has 1 aromatic carbocycles. The fourth-order valence-electron chi connectivity index (χ4n) is 5.09. The highest BCUT2D eigenvalue weighted by molar-refractivity contribution is 7.91. The molecule has 4 heterocycles. The van der Waals surface area contributed by atoms with Crippen LogP contribution < -0.4 is 4.74 Å². The normalized spacial score (nSPS) is 21.2. The van der Waals surface area contributed by atoms with Gasteiger partial charge in [-0.2, -0.15) is 0 Å². The number of sulfone groups is 1. The Labute approximate surface area is 212 Å². The summed E-state index contributed by atoms with van der Waals surface area (Å²) < 4.78 is 30.4. The van der Waals surface area contributed by atoms with Crippen molar-refractivity contribution < 1.29 is 17.9 Å². The number of ether oxygens (including phenoxy) is 1. The summed E-state index contributed by atoms with van der Waals surface area (Å²) in [5, 5.41) is 0. The lowest BCUT2D eigenvalue weighted by atomic mass is 9.87. The van der Waals surface area contributed by atoms with Crippen LogP contribution in [0.5, 0.6) is 5.75 Å². The number of nitrogens with one attached hydrogen (secondary N) is 1. The molecule has 5 rings (SSSR count). The highest BCUT2D eigenvalue weighted by Crippen LogP contribution is 2.36. The minimum Gasteiger partial charge on any atom is -0.489 e. The van der Waals surface area contributed by atoms with Gasteiger partial charge in [-0.05, 0) is 56.0 Å². The van der Waals surface area contributed by atoms with Crippen molar-refractivity contribution >= 4 is 26.8 Å². The van der Waals surface area contributed by atoms with Crippen molar-refractivity contribution in [3.63, 3.8) is 0 Å². The lowest BCUT2D eigenvalue weighted by Gasteiger charge is -2.24. The fourth-order valence-corrected chi connectivity index (χ4v) is 6.58. The molecule has 0 spiro atoms. The number of carbonyl (C=O) groups is 1. The van der Waals surface area contributed by atoms with E-state index in [0.717, 1.165) is 36.4 Å². The van der Waals surface area contributed by atoms with Gasteiger partial charge in [-0.3, -0.25) is 4.79 Å². The van der Waals surface area contributed by atoms with Gasteiger partial charge in [0.1, 0.15) is 27.2 Å². The van der Waals surface area contributed by atoms with E-state index in [0.29, 0.717) is 35.3 Å². The second-order valence-corrected chi connectivity index (χ2v) is 13.5. The number of rotatable bonds is 5. The number of aromatic nitrogens is 3. The topological polar surface area (TPSA) is 105 Å². The van der Waals surface area contributed by atoms with Crippen LogP contribution in [0.1, 0.15) is 61.9 Å². The molecule has 2 aliphatic heterocycles. The third kappa shape index (κ3) is 5.18. The first-order chi connectivity index (χ1) is 17.0. The number of hydrogen-bond acceptors (Lipinski definition) is 7. The van der Waals surface area contributed by atoms with Crippen LogP contribution in [-0.2, 0) is 9.84 Å². The third-order valence-electron chi connectivity index (χ3n) is 7.21. The van der Waals surface area contributed by atoms with Crippen LogP contribution >= 0.6 is 0 Å². The lowest BCUT2D eigenvalue weighted by molar-refractivity contribution is 0.0860. The summed E-state index contributed by atoms with van der Waals surface area (Å²) in [6, 6.07) is 6.11. The molecule has 192 valence electrons. The summed E-state index contributed by atoms with van der Waals surface area (Å²) in [5.74, 6) is 1.33. The number of hydrogen-bond donors (Lipinski definition) is 1. The average molecular weight is 511 g/mol. The van der Waals surface area contributed by atoms with Gasteiger partial charge in [0.25, 0.3) is 0 Å². The molecule has 3 aromatic rings. The van der Waals surface area contributed by atoms with Gasteiger partial charge in [0, 0.05) is 30.3 Å². The van der Waals surface area contributed by atoms with E-state index in [-0.39, 0.29) is 29.3 Å². The van der Waals surface area contributed by atoms with Crippen molar-refractivity contribution in [3.8, 4) is 17.0 Å². The van der Waals surface area contributed by atoms with Crippen LogP contribution in [-0.4, -0.2) is 71.8 Å². The van der Waals surface area contributed by atoms with Crippen LogP contribution in [0.15, 0.2) is 30.6 Å². The van der Waals surface area contributed by atoms with E-state index < -0.39 is 15.3 Å². The van der Waals surface area contributed by atoms with E-state index in [1.807, 2.05) is 26.8 Å². The molecule has 1 N–H and O–H groups in total. The van der Waals surface area contributed by atoms with Gasteiger partial charge in [0.05, 0.1) is 29.0 Å². The van der Waals surface area contributed by atoms with Crippen molar-refractivity contribution in [2.24, 2.45) is 5.41 Å². The summed E-state index contributed by atoms with van der Waals surface area (Å²) in [6.45, 7) is 7.54. The van der Waals surface area contributed by atoms with Crippen LogP contribution in [0.3, 0.4) is 0 Å². The van der Waals surface area contributed by atoms with Crippen molar-refractivity contribution in [2.75, 3.05) is 31.6 Å². The summed E-state index contributed by atoms with van der Waals surface area (Å²) in [5.41, 5.74) is 3.70. The minimum absolute atomic E-state index is 0.00624. The van der Waals surface area contributed by atoms with E-state index >= 15 is 0 Å². The number of benzene rings is 1. The number of carbonyl (C=O) groups excluding carboxylic acids is 1. The molecule has 9 heteroatoms. The van der Waals surface area contributed by atoms with Gasteiger partial charge >= 0.3 is 0 Å². The molecule has 8 nitrogen and oxygen atoms in total. The van der Waals surface area contributed by atoms with E-state index in [1.165, 1.54) is 0 Å². The average Bonchev–Trinajstić information content (AvgIpc) is 3.43. The maximum absolute atomic E-state index is 13.0. The van der Waals surface area contributed by atoms with Gasteiger partial charge in [-0.25, -0.2) is 18.4 Å². The van der Waals surface area contributed by atoms with Gasteiger partial charge < -0.3 is 14.6 Å². The molecule has 2 saturated heterocycles. The molecule has 2 fully saturated rings. The molecular formula is C27H34N4O4S. The zero-order valence-electron chi connectivity index (χ0n) is 21.4. The Hall–Kier alpha value is -2.78. The largest absolute Gasteiger partial charge is 0.489 e. The molecule has 36 heavy (non-hydrogen) atoms. The summed E-state index contributed by atoms with van der Waals surface area (Å²) in [6.07, 6.45) is 5.67. The van der Waals surface area contributed by atoms with E-state index in [1.54, 1.807) is 12.4 Å². The van der Waals surface area contributed by atoms with Crippen LogP contribution in [0.2, 0.25) is 0 Å². The first-order valence-electron chi connectivity index (χ1n) is 12.6. The molecule has 0 saturated carbocycles. The minimum atomic E-state index is -2.96. The zero-order chi connectivity index (χ0) is 25.7. The van der Waals surface area contributed by atoms with Gasteiger partial charge in [-0.15, -0.1) is 0 Å². The molecule has 2 aliphatic rings. The van der Waals surface area contributed by atoms with E-state index in [9.17, 15) is 13.2 Å². The third-order valence-corrected chi connectivity index (χ3v) is 8.92. The molecular weight excluding hydrogens is 476 g/mol. The second-order valence-electron chi connectivity index (χ2n) is 11.2. The summed E-state index contributed by atoms with van der Waals surface area (Å²) >= 11 is 0. The standard InChI is InChI=1S/C27H34N4O4S/c1-27(2,3)25(32)22-14-28-26-24(22)30-23(15-29-26)19-11-18(17-6-9-36(33,34)10-7-17)12-21(13-19)35-20-5-8-31(4)16-20/h11-15,17,20H,5-10,16H2,1-4H3,(H,28,29). The Morgan fingerprint density at radius 2 is 1.89 bits per heavy atom. The number of Topliss-reactive ketones (excluding diaryl/α,β-unsaturated/α-hetero) is 1.